The number of hydrogen-bond donors (Lipinski definition) is 1. The molecule has 0 saturated carbocycles. The van der Waals surface area contributed by atoms with Gasteiger partial charge < -0.3 is 19.5 Å². The fourth-order valence-corrected chi connectivity index (χ4v) is 6.16. The van der Waals surface area contributed by atoms with Crippen LogP contribution in [0.4, 0.5) is 17.5 Å². The molecule has 2 aromatic heterocycles. The van der Waals surface area contributed by atoms with Gasteiger partial charge in [0.2, 0.25) is 17.7 Å². The molecule has 0 atom stereocenters. The maximum atomic E-state index is 13.6. The van der Waals surface area contributed by atoms with Crippen molar-refractivity contribution in [2.45, 2.75) is 31.8 Å². The molecule has 1 N–H and O–H groups in total. The minimum Gasteiger partial charge on any atom is -0.419 e. The third-order valence-electron chi connectivity index (χ3n) is 8.68. The Hall–Kier alpha value is -4.35. The molecule has 2 aliphatic rings. The third kappa shape index (κ3) is 5.70. The summed E-state index contributed by atoms with van der Waals surface area (Å²) in [5, 5.41) is 11.9. The Kier molecular flexibility index (Phi) is 8.09. The highest BCUT2D eigenvalue weighted by atomic mass is 16.4. The molecular formula is C32H39N9O2. The fourth-order valence-electron chi connectivity index (χ4n) is 6.16. The summed E-state index contributed by atoms with van der Waals surface area (Å²) in [7, 11) is 6.29. The summed E-state index contributed by atoms with van der Waals surface area (Å²) in [6.07, 6.45) is 3.65. The van der Waals surface area contributed by atoms with Gasteiger partial charge in [-0.1, -0.05) is 36.4 Å². The minimum atomic E-state index is -0.139. The van der Waals surface area contributed by atoms with E-state index >= 15 is 0 Å². The molecule has 11 heteroatoms. The van der Waals surface area contributed by atoms with Crippen LogP contribution in [0.1, 0.15) is 41.6 Å². The van der Waals surface area contributed by atoms with E-state index in [9.17, 15) is 4.79 Å². The van der Waals surface area contributed by atoms with E-state index in [1.54, 1.807) is 11.1 Å². The lowest BCUT2D eigenvalue weighted by molar-refractivity contribution is 0.0474. The van der Waals surface area contributed by atoms with Gasteiger partial charge in [0.1, 0.15) is 11.4 Å². The second-order valence-corrected chi connectivity index (χ2v) is 11.5. The highest BCUT2D eigenvalue weighted by Crippen LogP contribution is 2.37. The normalized spacial score (nSPS) is 17.2. The summed E-state index contributed by atoms with van der Waals surface area (Å²) in [6, 6.07) is 18.5. The van der Waals surface area contributed by atoms with Crippen molar-refractivity contribution in [3.05, 3.63) is 77.8 Å². The Bertz CT molecular complexity index is 1560. The first kappa shape index (κ1) is 28.8. The summed E-state index contributed by atoms with van der Waals surface area (Å²) >= 11 is 0. The standard InChI is InChI=1S/C32H39N9O2/c1-5-33-31-34-21-26-28(35-31)39(4)18-19-41(30(26)42)25-13-9-10-23(20-25)29-37-36-27(43-29)22-40-16-14-32(15-17-40,38(2)3)24-11-7-6-8-12-24/h6-13,20-21H,5,14-19,22H2,1-4H3,(H,33,34,35). The lowest BCUT2D eigenvalue weighted by Gasteiger charge is -2.46. The average molecular weight is 582 g/mol. The van der Waals surface area contributed by atoms with Crippen LogP contribution in [-0.4, -0.2) is 89.7 Å². The van der Waals surface area contributed by atoms with Crippen LogP contribution < -0.4 is 15.1 Å². The van der Waals surface area contributed by atoms with Gasteiger partial charge in [0.15, 0.2) is 0 Å². The number of nitrogens with zero attached hydrogens (tertiary/aromatic N) is 8. The Morgan fingerprint density at radius 3 is 2.53 bits per heavy atom. The molecule has 43 heavy (non-hydrogen) atoms. The molecule has 0 spiro atoms. The third-order valence-corrected chi connectivity index (χ3v) is 8.68. The summed E-state index contributed by atoms with van der Waals surface area (Å²) in [5.74, 6) is 2.04. The first-order chi connectivity index (χ1) is 20.9. The maximum Gasteiger partial charge on any atom is 0.263 e. The van der Waals surface area contributed by atoms with Crippen molar-refractivity contribution < 1.29 is 9.21 Å². The van der Waals surface area contributed by atoms with Gasteiger partial charge in [-0.15, -0.1) is 10.2 Å². The van der Waals surface area contributed by atoms with Gasteiger partial charge in [0.25, 0.3) is 5.91 Å². The average Bonchev–Trinajstić information content (AvgIpc) is 3.46. The molecule has 1 fully saturated rings. The quantitative estimate of drug-likeness (QED) is 0.327. The number of nitrogens with one attached hydrogen (secondary N) is 1. The van der Waals surface area contributed by atoms with E-state index in [2.05, 4.69) is 79.7 Å². The number of aromatic nitrogens is 4. The van der Waals surface area contributed by atoms with E-state index in [0.29, 0.717) is 55.3 Å². The number of benzene rings is 2. The summed E-state index contributed by atoms with van der Waals surface area (Å²) in [4.78, 5) is 31.1. The fraction of sp³-hybridized carbons (Fsp3) is 0.406. The highest BCUT2D eigenvalue weighted by Gasteiger charge is 2.38. The van der Waals surface area contributed by atoms with Gasteiger partial charge in [-0.3, -0.25) is 14.6 Å². The van der Waals surface area contributed by atoms with E-state index < -0.39 is 0 Å². The molecule has 2 aliphatic heterocycles. The molecule has 2 aromatic carbocycles. The molecule has 11 nitrogen and oxygen atoms in total. The number of likely N-dealkylation sites (tertiary alicyclic amines) is 1. The van der Waals surface area contributed by atoms with Crippen molar-refractivity contribution >= 4 is 23.4 Å². The lowest BCUT2D eigenvalue weighted by Crippen LogP contribution is -2.50. The van der Waals surface area contributed by atoms with Crippen molar-refractivity contribution in [1.29, 1.82) is 0 Å². The predicted octanol–water partition coefficient (Wildman–Crippen LogP) is 4.11. The van der Waals surface area contributed by atoms with Gasteiger partial charge in [0, 0.05) is 62.8 Å². The van der Waals surface area contributed by atoms with Crippen molar-refractivity contribution in [3.63, 3.8) is 0 Å². The molecule has 6 rings (SSSR count). The number of fused-ring (bicyclic) bond motifs is 1. The summed E-state index contributed by atoms with van der Waals surface area (Å²) in [5.41, 5.74) is 3.40. The molecule has 1 saturated heterocycles. The zero-order chi connectivity index (χ0) is 30.0. The van der Waals surface area contributed by atoms with Crippen LogP contribution in [0.2, 0.25) is 0 Å². The molecule has 1 amide bonds. The molecule has 4 aromatic rings. The Balaban J connectivity index is 1.15. The van der Waals surface area contributed by atoms with Gasteiger partial charge in [-0.25, -0.2) is 4.98 Å². The second-order valence-electron chi connectivity index (χ2n) is 11.5. The minimum absolute atomic E-state index is 0.0269. The number of amides is 1. The van der Waals surface area contributed by atoms with E-state index in [-0.39, 0.29) is 11.4 Å². The summed E-state index contributed by atoms with van der Waals surface area (Å²) < 4.78 is 6.15. The topological polar surface area (TPSA) is 107 Å². The van der Waals surface area contributed by atoms with Crippen molar-refractivity contribution in [2.24, 2.45) is 0 Å². The number of hydrogen-bond acceptors (Lipinski definition) is 10. The smallest absolute Gasteiger partial charge is 0.263 e. The highest BCUT2D eigenvalue weighted by molar-refractivity contribution is 6.09. The van der Waals surface area contributed by atoms with Crippen LogP contribution in [0.5, 0.6) is 0 Å². The van der Waals surface area contributed by atoms with Gasteiger partial charge in [-0.05, 0) is 57.6 Å². The number of carbonyl (C=O) groups excluding carboxylic acids is 1. The molecular weight excluding hydrogens is 542 g/mol. The molecule has 0 radical (unpaired) electrons. The van der Waals surface area contributed by atoms with Crippen LogP contribution in [0, 0.1) is 0 Å². The Morgan fingerprint density at radius 2 is 1.79 bits per heavy atom. The summed E-state index contributed by atoms with van der Waals surface area (Å²) in [6.45, 7) is 6.31. The van der Waals surface area contributed by atoms with Crippen molar-refractivity contribution in [1.82, 2.24) is 30.0 Å². The zero-order valence-electron chi connectivity index (χ0n) is 25.3. The van der Waals surface area contributed by atoms with E-state index in [4.69, 9.17) is 4.42 Å². The SMILES string of the molecule is CCNc1ncc2c(n1)N(C)CCN(c1cccc(-c3nnc(CN4CCC(c5ccccc5)(N(C)C)CC4)o3)c1)C2=O. The van der Waals surface area contributed by atoms with E-state index in [0.717, 1.165) is 37.2 Å². The molecule has 224 valence electrons. The zero-order valence-corrected chi connectivity index (χ0v) is 25.3. The number of likely N-dealkylation sites (N-methyl/N-ethyl adjacent to an activating group) is 1. The molecule has 4 heterocycles. The van der Waals surface area contributed by atoms with E-state index in [1.165, 1.54) is 5.56 Å². The van der Waals surface area contributed by atoms with Gasteiger partial charge in [-0.2, -0.15) is 4.98 Å². The maximum absolute atomic E-state index is 13.6. The first-order valence-electron chi connectivity index (χ1n) is 14.9. The van der Waals surface area contributed by atoms with E-state index in [1.807, 2.05) is 43.1 Å². The van der Waals surface area contributed by atoms with Crippen molar-refractivity contribution in [3.8, 4) is 11.5 Å². The second kappa shape index (κ2) is 12.1. The van der Waals surface area contributed by atoms with Crippen LogP contribution in [0.15, 0.2) is 65.2 Å². The Labute approximate surface area is 252 Å². The van der Waals surface area contributed by atoms with Gasteiger partial charge >= 0.3 is 0 Å². The predicted molar refractivity (Wildman–Crippen MR) is 167 cm³/mol. The number of carbonyl (C=O) groups is 1. The molecule has 0 unspecified atom stereocenters. The van der Waals surface area contributed by atoms with Crippen LogP contribution >= 0.6 is 0 Å². The van der Waals surface area contributed by atoms with Gasteiger partial charge in [0.05, 0.1) is 6.54 Å². The lowest BCUT2D eigenvalue weighted by atomic mass is 9.80. The largest absolute Gasteiger partial charge is 0.419 e. The number of anilines is 3. The Morgan fingerprint density at radius 1 is 1.00 bits per heavy atom. The first-order valence-corrected chi connectivity index (χ1v) is 14.9. The molecule has 0 aliphatic carbocycles. The van der Waals surface area contributed by atoms with Crippen LogP contribution in [0.25, 0.3) is 11.5 Å². The van der Waals surface area contributed by atoms with Crippen LogP contribution in [0.3, 0.4) is 0 Å². The van der Waals surface area contributed by atoms with Crippen molar-refractivity contribution in [2.75, 3.05) is 69.0 Å². The molecule has 0 bridgehead atoms. The number of piperidine rings is 1. The van der Waals surface area contributed by atoms with Crippen LogP contribution in [-0.2, 0) is 12.1 Å². The number of rotatable bonds is 8. The monoisotopic (exact) mass is 581 g/mol.